The number of hydrogen-bond donors (Lipinski definition) is 1. The Kier molecular flexibility index (Phi) is 7.27. The monoisotopic (exact) mass is 300 g/mol. The number of hydrogen-bond acceptors (Lipinski definition) is 4. The van der Waals surface area contributed by atoms with Gasteiger partial charge in [0.25, 0.3) is 0 Å². The van der Waals surface area contributed by atoms with Gasteiger partial charge in [-0.2, -0.15) is 0 Å². The number of carboxylic acids is 1. The Morgan fingerprint density at radius 2 is 1.90 bits per heavy atom. The summed E-state index contributed by atoms with van der Waals surface area (Å²) in [7, 11) is 0. The zero-order valence-corrected chi connectivity index (χ0v) is 11.3. The van der Waals surface area contributed by atoms with Crippen molar-refractivity contribution in [2.45, 2.75) is 18.8 Å². The summed E-state index contributed by atoms with van der Waals surface area (Å²) < 4.78 is 17.0. The third-order valence-corrected chi connectivity index (χ3v) is 2.75. The summed E-state index contributed by atoms with van der Waals surface area (Å²) in [6, 6.07) is 5.54. The lowest BCUT2D eigenvalue weighted by Crippen LogP contribution is -2.11. The summed E-state index contributed by atoms with van der Waals surface area (Å²) in [5, 5.41) is 15.6. The summed E-state index contributed by atoms with van der Waals surface area (Å²) in [5.41, 5.74) is 0.619. The SMILES string of the molecule is O=C(O)C(CCCCl)c1ccc(F)cc1.c1nnco1. The molecule has 0 saturated heterocycles. The van der Waals surface area contributed by atoms with Crippen LogP contribution in [-0.4, -0.2) is 27.2 Å². The van der Waals surface area contributed by atoms with Crippen LogP contribution in [0.2, 0.25) is 0 Å². The largest absolute Gasteiger partial charge is 0.481 e. The highest BCUT2D eigenvalue weighted by Crippen LogP contribution is 2.22. The summed E-state index contributed by atoms with van der Waals surface area (Å²) in [6.07, 6.45) is 3.64. The van der Waals surface area contributed by atoms with Gasteiger partial charge in [-0.05, 0) is 30.5 Å². The average molecular weight is 301 g/mol. The quantitative estimate of drug-likeness (QED) is 0.859. The molecule has 0 aliphatic carbocycles. The molecule has 1 atom stereocenters. The van der Waals surface area contributed by atoms with Crippen LogP contribution < -0.4 is 0 Å². The number of halogens is 2. The van der Waals surface area contributed by atoms with E-state index in [9.17, 15) is 9.18 Å². The normalized spacial score (nSPS) is 11.3. The van der Waals surface area contributed by atoms with Crippen LogP contribution in [0.4, 0.5) is 4.39 Å². The van der Waals surface area contributed by atoms with Crippen molar-refractivity contribution in [2.24, 2.45) is 0 Å². The number of alkyl halides is 1. The lowest BCUT2D eigenvalue weighted by Gasteiger charge is -2.11. The molecule has 2 aromatic rings. The third-order valence-electron chi connectivity index (χ3n) is 2.48. The number of benzene rings is 1. The molecule has 0 aliphatic rings. The average Bonchev–Trinajstić information content (AvgIpc) is 3.00. The van der Waals surface area contributed by atoms with E-state index in [1.165, 1.54) is 37.1 Å². The molecule has 0 aliphatic heterocycles. The van der Waals surface area contributed by atoms with E-state index in [2.05, 4.69) is 14.6 Å². The van der Waals surface area contributed by atoms with E-state index in [4.69, 9.17) is 16.7 Å². The highest BCUT2D eigenvalue weighted by Gasteiger charge is 2.18. The number of rotatable bonds is 5. The molecule has 0 saturated carbocycles. The predicted molar refractivity (Wildman–Crippen MR) is 71.0 cm³/mol. The Morgan fingerprint density at radius 1 is 1.30 bits per heavy atom. The maximum atomic E-state index is 12.6. The maximum absolute atomic E-state index is 12.6. The number of carbonyl (C=O) groups is 1. The first kappa shape index (κ1) is 16.1. The van der Waals surface area contributed by atoms with Gasteiger partial charge in [-0.1, -0.05) is 12.1 Å². The van der Waals surface area contributed by atoms with Crippen molar-refractivity contribution in [1.82, 2.24) is 10.2 Å². The molecule has 0 fully saturated rings. The molecule has 0 bridgehead atoms. The van der Waals surface area contributed by atoms with Crippen LogP contribution in [0.1, 0.15) is 24.3 Å². The van der Waals surface area contributed by atoms with Gasteiger partial charge >= 0.3 is 5.97 Å². The first-order valence-electron chi connectivity index (χ1n) is 5.88. The minimum atomic E-state index is -0.897. The molecule has 7 heteroatoms. The molecule has 1 N–H and O–H groups in total. The number of aliphatic carboxylic acids is 1. The first-order chi connectivity index (χ1) is 9.65. The summed E-state index contributed by atoms with van der Waals surface area (Å²) in [6.45, 7) is 0. The van der Waals surface area contributed by atoms with Crippen molar-refractivity contribution >= 4 is 17.6 Å². The van der Waals surface area contributed by atoms with Gasteiger partial charge < -0.3 is 9.52 Å². The second-order valence-corrected chi connectivity index (χ2v) is 4.23. The highest BCUT2D eigenvalue weighted by atomic mass is 35.5. The Balaban J connectivity index is 0.000000333. The van der Waals surface area contributed by atoms with Crippen LogP contribution in [0.15, 0.2) is 41.5 Å². The van der Waals surface area contributed by atoms with Crippen molar-refractivity contribution in [3.8, 4) is 0 Å². The summed E-state index contributed by atoms with van der Waals surface area (Å²) >= 11 is 5.51. The lowest BCUT2D eigenvalue weighted by molar-refractivity contribution is -0.139. The van der Waals surface area contributed by atoms with Crippen molar-refractivity contribution in [3.63, 3.8) is 0 Å². The smallest absolute Gasteiger partial charge is 0.310 e. The van der Waals surface area contributed by atoms with E-state index in [1.807, 2.05) is 0 Å². The van der Waals surface area contributed by atoms with Crippen LogP contribution in [0.3, 0.4) is 0 Å². The standard InChI is InChI=1S/C11H12ClFO2.C2H2N2O/c12-7-1-2-10(11(14)15)8-3-5-9(13)6-4-8;1-3-4-2-5-1/h3-6,10H,1-2,7H2,(H,14,15);1-2H. The molecule has 0 radical (unpaired) electrons. The van der Waals surface area contributed by atoms with Crippen molar-refractivity contribution in [1.29, 1.82) is 0 Å². The molecule has 2 rings (SSSR count). The van der Waals surface area contributed by atoms with Gasteiger partial charge in [0.1, 0.15) is 5.82 Å². The molecule has 1 aromatic heterocycles. The first-order valence-corrected chi connectivity index (χ1v) is 6.41. The fraction of sp³-hybridized carbons (Fsp3) is 0.308. The van der Waals surface area contributed by atoms with Gasteiger partial charge in [-0.25, -0.2) is 4.39 Å². The van der Waals surface area contributed by atoms with Crippen molar-refractivity contribution in [3.05, 3.63) is 48.4 Å². The Hall–Kier alpha value is -1.95. The van der Waals surface area contributed by atoms with Gasteiger partial charge in [-0.15, -0.1) is 21.8 Å². The van der Waals surface area contributed by atoms with Crippen LogP contribution in [-0.2, 0) is 4.79 Å². The summed E-state index contributed by atoms with van der Waals surface area (Å²) in [5.74, 6) is -1.42. The van der Waals surface area contributed by atoms with Gasteiger partial charge in [0, 0.05) is 5.88 Å². The minimum absolute atomic E-state index is 0.361. The molecule has 0 amide bonds. The third kappa shape index (κ3) is 5.79. The zero-order chi connectivity index (χ0) is 14.8. The predicted octanol–water partition coefficient (Wildman–Crippen LogP) is 3.08. The van der Waals surface area contributed by atoms with E-state index >= 15 is 0 Å². The van der Waals surface area contributed by atoms with E-state index in [1.54, 1.807) is 0 Å². The van der Waals surface area contributed by atoms with Crippen LogP contribution in [0, 0.1) is 5.82 Å². The van der Waals surface area contributed by atoms with E-state index in [-0.39, 0.29) is 5.82 Å². The fourth-order valence-corrected chi connectivity index (χ4v) is 1.70. The van der Waals surface area contributed by atoms with Crippen LogP contribution >= 0.6 is 11.6 Å². The maximum Gasteiger partial charge on any atom is 0.310 e. The van der Waals surface area contributed by atoms with Gasteiger partial charge in [0.2, 0.25) is 12.8 Å². The molecule has 1 heterocycles. The van der Waals surface area contributed by atoms with E-state index in [0.717, 1.165) is 0 Å². The molecule has 20 heavy (non-hydrogen) atoms. The highest BCUT2D eigenvalue weighted by molar-refractivity contribution is 6.17. The second kappa shape index (κ2) is 9.03. The number of aromatic nitrogens is 2. The summed E-state index contributed by atoms with van der Waals surface area (Å²) in [4.78, 5) is 11.0. The van der Waals surface area contributed by atoms with Gasteiger partial charge in [0.05, 0.1) is 5.92 Å². The van der Waals surface area contributed by atoms with Gasteiger partial charge in [0.15, 0.2) is 0 Å². The molecule has 5 nitrogen and oxygen atoms in total. The van der Waals surface area contributed by atoms with Gasteiger partial charge in [-0.3, -0.25) is 4.79 Å². The molecular formula is C13H14ClFN2O3. The fourth-order valence-electron chi connectivity index (χ4n) is 1.55. The molecule has 108 valence electrons. The molecule has 0 spiro atoms. The van der Waals surface area contributed by atoms with Crippen molar-refractivity contribution < 1.29 is 18.7 Å². The van der Waals surface area contributed by atoms with Crippen molar-refractivity contribution in [2.75, 3.05) is 5.88 Å². The lowest BCUT2D eigenvalue weighted by atomic mass is 9.95. The number of nitrogens with zero attached hydrogens (tertiary/aromatic N) is 2. The zero-order valence-electron chi connectivity index (χ0n) is 10.6. The second-order valence-electron chi connectivity index (χ2n) is 3.85. The van der Waals surface area contributed by atoms with Crippen LogP contribution in [0.25, 0.3) is 0 Å². The molecular weight excluding hydrogens is 287 g/mol. The van der Waals surface area contributed by atoms with Crippen LogP contribution in [0.5, 0.6) is 0 Å². The topological polar surface area (TPSA) is 76.2 Å². The molecule has 1 unspecified atom stereocenters. The number of carboxylic acid groups (broad SMARTS) is 1. The van der Waals surface area contributed by atoms with E-state index < -0.39 is 11.9 Å². The Morgan fingerprint density at radius 3 is 2.30 bits per heavy atom. The Bertz CT molecular complexity index is 474. The molecule has 1 aromatic carbocycles. The van der Waals surface area contributed by atoms with E-state index in [0.29, 0.717) is 24.3 Å². The minimum Gasteiger partial charge on any atom is -0.481 e. The Labute approximate surface area is 120 Å².